The van der Waals surface area contributed by atoms with E-state index in [4.69, 9.17) is 10.8 Å². The minimum atomic E-state index is -1.35. The molecule has 1 saturated heterocycles. The first-order chi connectivity index (χ1) is 8.86. The maximum atomic E-state index is 11.9. The van der Waals surface area contributed by atoms with Crippen LogP contribution in [-0.2, 0) is 9.59 Å². The maximum absolute atomic E-state index is 11.9. The second-order valence-corrected chi connectivity index (χ2v) is 4.72. The van der Waals surface area contributed by atoms with Gasteiger partial charge in [-0.25, -0.2) is 9.59 Å². The molecule has 2 unspecified atom stereocenters. The van der Waals surface area contributed by atoms with Crippen molar-refractivity contribution in [1.82, 2.24) is 10.2 Å². The number of carboxylic acids is 1. The molecule has 8 heteroatoms. The van der Waals surface area contributed by atoms with E-state index in [1.807, 2.05) is 6.92 Å². The zero-order valence-electron chi connectivity index (χ0n) is 10.7. The number of nitrogens with two attached hydrogens (primary N) is 1. The van der Waals surface area contributed by atoms with Crippen molar-refractivity contribution in [3.05, 3.63) is 0 Å². The molecule has 0 aromatic rings. The Kier molecular flexibility index (Phi) is 5.11. The van der Waals surface area contributed by atoms with E-state index in [1.54, 1.807) is 0 Å². The molecule has 0 saturated carbocycles. The first-order valence-corrected chi connectivity index (χ1v) is 6.06. The van der Waals surface area contributed by atoms with Crippen LogP contribution >= 0.6 is 0 Å². The van der Waals surface area contributed by atoms with Crippen LogP contribution in [0.15, 0.2) is 0 Å². The lowest BCUT2D eigenvalue weighted by molar-refractivity contribution is -0.141. The molecular formula is C11H19N3O5. The predicted octanol–water partition coefficient (Wildman–Crippen LogP) is -1.27. The molecule has 0 aromatic carbocycles. The molecule has 1 heterocycles. The molecular weight excluding hydrogens is 254 g/mol. The SMILES string of the molecule is CC1CCN(C(=O)N[C@H](CC(N)=O)C(=O)O)C1CO. The summed E-state index contributed by atoms with van der Waals surface area (Å²) in [5, 5.41) is 20.4. The molecule has 0 radical (unpaired) electrons. The lowest BCUT2D eigenvalue weighted by Crippen LogP contribution is -2.51. The molecule has 1 aliphatic rings. The third-order valence-corrected chi connectivity index (χ3v) is 3.33. The Morgan fingerprint density at radius 3 is 2.58 bits per heavy atom. The van der Waals surface area contributed by atoms with Crippen LogP contribution in [0, 0.1) is 5.92 Å². The third-order valence-electron chi connectivity index (χ3n) is 3.33. The van der Waals surface area contributed by atoms with Gasteiger partial charge in [0.05, 0.1) is 19.1 Å². The topological polar surface area (TPSA) is 133 Å². The third kappa shape index (κ3) is 3.82. The molecule has 3 atom stereocenters. The zero-order valence-corrected chi connectivity index (χ0v) is 10.7. The Balaban J connectivity index is 2.66. The fraction of sp³-hybridized carbons (Fsp3) is 0.727. The number of aliphatic hydroxyl groups excluding tert-OH is 1. The van der Waals surface area contributed by atoms with Crippen LogP contribution in [-0.4, -0.2) is 58.3 Å². The number of nitrogens with zero attached hydrogens (tertiary/aromatic N) is 1. The summed E-state index contributed by atoms with van der Waals surface area (Å²) in [6.45, 7) is 2.18. The number of carbonyl (C=O) groups excluding carboxylic acids is 2. The van der Waals surface area contributed by atoms with Gasteiger partial charge in [-0.1, -0.05) is 6.92 Å². The van der Waals surface area contributed by atoms with Gasteiger partial charge in [0.2, 0.25) is 5.91 Å². The Bertz CT molecular complexity index is 373. The summed E-state index contributed by atoms with van der Waals surface area (Å²) < 4.78 is 0. The van der Waals surface area contributed by atoms with Crippen LogP contribution < -0.4 is 11.1 Å². The van der Waals surface area contributed by atoms with Gasteiger partial charge in [0.1, 0.15) is 6.04 Å². The van der Waals surface area contributed by atoms with Gasteiger partial charge in [-0.3, -0.25) is 4.79 Å². The van der Waals surface area contributed by atoms with Gasteiger partial charge in [0.15, 0.2) is 0 Å². The summed E-state index contributed by atoms with van der Waals surface area (Å²) in [6.07, 6.45) is 0.278. The first-order valence-electron chi connectivity index (χ1n) is 6.06. The minimum Gasteiger partial charge on any atom is -0.480 e. The monoisotopic (exact) mass is 273 g/mol. The fourth-order valence-electron chi connectivity index (χ4n) is 2.17. The summed E-state index contributed by atoms with van der Waals surface area (Å²) in [5.74, 6) is -1.98. The fourth-order valence-corrected chi connectivity index (χ4v) is 2.17. The summed E-state index contributed by atoms with van der Waals surface area (Å²) in [7, 11) is 0. The number of primary amides is 1. The lowest BCUT2D eigenvalue weighted by Gasteiger charge is -2.26. The van der Waals surface area contributed by atoms with Crippen molar-refractivity contribution in [2.24, 2.45) is 11.7 Å². The van der Waals surface area contributed by atoms with E-state index in [0.717, 1.165) is 6.42 Å². The number of aliphatic hydroxyl groups is 1. The maximum Gasteiger partial charge on any atom is 0.326 e. The second-order valence-electron chi connectivity index (χ2n) is 4.72. The van der Waals surface area contributed by atoms with Gasteiger partial charge in [0.25, 0.3) is 0 Å². The molecule has 19 heavy (non-hydrogen) atoms. The van der Waals surface area contributed by atoms with E-state index in [2.05, 4.69) is 5.32 Å². The van der Waals surface area contributed by atoms with Crippen molar-refractivity contribution >= 4 is 17.9 Å². The van der Waals surface area contributed by atoms with Crippen molar-refractivity contribution in [1.29, 1.82) is 0 Å². The van der Waals surface area contributed by atoms with Crippen LogP contribution in [0.5, 0.6) is 0 Å². The summed E-state index contributed by atoms with van der Waals surface area (Å²) in [6, 6.07) is -2.28. The highest BCUT2D eigenvalue weighted by molar-refractivity contribution is 5.87. The van der Waals surface area contributed by atoms with E-state index in [9.17, 15) is 19.5 Å². The number of carbonyl (C=O) groups is 3. The predicted molar refractivity (Wildman–Crippen MR) is 65.1 cm³/mol. The smallest absolute Gasteiger partial charge is 0.326 e. The highest BCUT2D eigenvalue weighted by Crippen LogP contribution is 2.23. The van der Waals surface area contributed by atoms with Crippen LogP contribution in [0.1, 0.15) is 19.8 Å². The number of hydrogen-bond donors (Lipinski definition) is 4. The first kappa shape index (κ1) is 15.2. The average molecular weight is 273 g/mol. The molecule has 0 bridgehead atoms. The van der Waals surface area contributed by atoms with Gasteiger partial charge >= 0.3 is 12.0 Å². The number of amides is 3. The molecule has 108 valence electrons. The molecule has 8 nitrogen and oxygen atoms in total. The van der Waals surface area contributed by atoms with Crippen LogP contribution in [0.25, 0.3) is 0 Å². The van der Waals surface area contributed by atoms with E-state index < -0.39 is 30.4 Å². The van der Waals surface area contributed by atoms with Crippen LogP contribution in [0.4, 0.5) is 4.79 Å². The number of hydrogen-bond acceptors (Lipinski definition) is 4. The molecule has 0 aromatic heterocycles. The van der Waals surface area contributed by atoms with E-state index in [0.29, 0.717) is 6.54 Å². The molecule has 0 spiro atoms. The summed E-state index contributed by atoms with van der Waals surface area (Å²) in [5.41, 5.74) is 4.93. The number of urea groups is 1. The normalized spacial score (nSPS) is 24.0. The highest BCUT2D eigenvalue weighted by Gasteiger charge is 2.35. The van der Waals surface area contributed by atoms with Crippen molar-refractivity contribution in [2.45, 2.75) is 31.8 Å². The Labute approximate surface area is 110 Å². The number of nitrogens with one attached hydrogen (secondary N) is 1. The van der Waals surface area contributed by atoms with Crippen molar-refractivity contribution < 1.29 is 24.6 Å². The lowest BCUT2D eigenvalue weighted by atomic mass is 10.0. The van der Waals surface area contributed by atoms with E-state index in [1.165, 1.54) is 4.90 Å². The van der Waals surface area contributed by atoms with Crippen molar-refractivity contribution in [2.75, 3.05) is 13.2 Å². The van der Waals surface area contributed by atoms with E-state index in [-0.39, 0.29) is 18.6 Å². The minimum absolute atomic E-state index is 0.148. The average Bonchev–Trinajstić information content (AvgIpc) is 2.68. The number of carboxylic acid groups (broad SMARTS) is 1. The van der Waals surface area contributed by atoms with Gasteiger partial charge in [-0.2, -0.15) is 0 Å². The van der Waals surface area contributed by atoms with Gasteiger partial charge in [0, 0.05) is 6.54 Å². The Morgan fingerprint density at radius 1 is 1.47 bits per heavy atom. The van der Waals surface area contributed by atoms with Crippen molar-refractivity contribution in [3.63, 3.8) is 0 Å². The quantitative estimate of drug-likeness (QED) is 0.495. The second kappa shape index (κ2) is 6.37. The molecule has 0 aliphatic carbocycles. The van der Waals surface area contributed by atoms with Gasteiger partial charge in [-0.15, -0.1) is 0 Å². The summed E-state index contributed by atoms with van der Waals surface area (Å²) >= 11 is 0. The molecule has 1 fully saturated rings. The largest absolute Gasteiger partial charge is 0.480 e. The van der Waals surface area contributed by atoms with E-state index >= 15 is 0 Å². The molecule has 3 amide bonds. The standard InChI is InChI=1S/C11H19N3O5/c1-6-2-3-14(8(6)5-15)11(19)13-7(10(17)18)4-9(12)16/h6-8,15H,2-5H2,1H3,(H2,12,16)(H,13,19)(H,17,18)/t6?,7-,8?/m1/s1. The molecule has 1 rings (SSSR count). The number of rotatable bonds is 5. The molecule has 5 N–H and O–H groups in total. The summed E-state index contributed by atoms with van der Waals surface area (Å²) in [4.78, 5) is 35.0. The Hall–Kier alpha value is -1.83. The van der Waals surface area contributed by atoms with Gasteiger partial charge < -0.3 is 26.2 Å². The zero-order chi connectivity index (χ0) is 14.6. The van der Waals surface area contributed by atoms with Crippen molar-refractivity contribution in [3.8, 4) is 0 Å². The van der Waals surface area contributed by atoms with Gasteiger partial charge in [-0.05, 0) is 12.3 Å². The Morgan fingerprint density at radius 2 is 2.11 bits per heavy atom. The van der Waals surface area contributed by atoms with Crippen LogP contribution in [0.3, 0.4) is 0 Å². The number of likely N-dealkylation sites (tertiary alicyclic amines) is 1. The van der Waals surface area contributed by atoms with Crippen LogP contribution in [0.2, 0.25) is 0 Å². The highest BCUT2D eigenvalue weighted by atomic mass is 16.4. The number of aliphatic carboxylic acids is 1. The molecule has 1 aliphatic heterocycles.